The molecule has 0 saturated carbocycles. The molecule has 0 aliphatic heterocycles. The van der Waals surface area contributed by atoms with Crippen LogP contribution in [0.4, 0.5) is 0 Å². The number of nitrogens with two attached hydrogens (primary N) is 1. The predicted molar refractivity (Wildman–Crippen MR) is 76.8 cm³/mol. The lowest BCUT2D eigenvalue weighted by molar-refractivity contribution is -0.118. The van der Waals surface area contributed by atoms with E-state index in [1.165, 1.54) is 0 Å². The number of carbonyl (C=O) groups excluding carboxylic acids is 1. The van der Waals surface area contributed by atoms with Gasteiger partial charge in [0.15, 0.2) is 0 Å². The molecule has 3 nitrogen and oxygen atoms in total. The second-order valence-corrected chi connectivity index (χ2v) is 5.65. The Balaban J connectivity index is 2.62. The molecule has 4 heteroatoms. The molecule has 0 radical (unpaired) electrons. The molecule has 2 N–H and O–H groups in total. The summed E-state index contributed by atoms with van der Waals surface area (Å²) in [6.07, 6.45) is 0.852. The summed E-state index contributed by atoms with van der Waals surface area (Å²) in [5.41, 5.74) is 6.87. The van der Waals surface area contributed by atoms with Crippen molar-refractivity contribution in [2.45, 2.75) is 32.7 Å². The summed E-state index contributed by atoms with van der Waals surface area (Å²) in [5.74, 6) is 1.27. The third kappa shape index (κ3) is 4.42. The van der Waals surface area contributed by atoms with E-state index in [0.29, 0.717) is 18.8 Å². The van der Waals surface area contributed by atoms with Crippen molar-refractivity contribution in [3.05, 3.63) is 28.2 Å². The van der Waals surface area contributed by atoms with E-state index in [4.69, 9.17) is 10.5 Å². The second-order valence-electron chi connectivity index (χ2n) is 4.80. The van der Waals surface area contributed by atoms with Crippen LogP contribution in [0.1, 0.15) is 25.8 Å². The van der Waals surface area contributed by atoms with Crippen LogP contribution in [-0.4, -0.2) is 18.9 Å². The number of ether oxygens (including phenoxy) is 1. The maximum atomic E-state index is 11.9. The minimum atomic E-state index is -0.0563. The van der Waals surface area contributed by atoms with Crippen molar-refractivity contribution >= 4 is 21.7 Å². The van der Waals surface area contributed by atoms with E-state index in [1.807, 2.05) is 32.0 Å². The van der Waals surface area contributed by atoms with Crippen LogP contribution >= 0.6 is 15.9 Å². The van der Waals surface area contributed by atoms with Gasteiger partial charge in [-0.05, 0) is 39.5 Å². The number of hydrogen-bond acceptors (Lipinski definition) is 3. The first-order valence-corrected chi connectivity index (χ1v) is 6.83. The quantitative estimate of drug-likeness (QED) is 0.878. The summed E-state index contributed by atoms with van der Waals surface area (Å²) in [6.45, 7) is 4.06. The first kappa shape index (κ1) is 15.2. The fourth-order valence-electron chi connectivity index (χ4n) is 1.62. The number of Topliss-reactive ketones (excluding diaryl/α,β-unsaturated/α-hetero) is 1. The summed E-state index contributed by atoms with van der Waals surface area (Å²) in [5, 5.41) is 0. The van der Waals surface area contributed by atoms with Crippen molar-refractivity contribution in [1.82, 2.24) is 0 Å². The van der Waals surface area contributed by atoms with Gasteiger partial charge in [0.05, 0.1) is 11.6 Å². The second kappa shape index (κ2) is 6.90. The van der Waals surface area contributed by atoms with Gasteiger partial charge < -0.3 is 10.5 Å². The summed E-state index contributed by atoms with van der Waals surface area (Å²) in [4.78, 5) is 11.9. The first-order valence-electron chi connectivity index (χ1n) is 6.03. The largest absolute Gasteiger partial charge is 0.496 e. The molecule has 1 atom stereocenters. The van der Waals surface area contributed by atoms with E-state index in [-0.39, 0.29) is 11.8 Å². The van der Waals surface area contributed by atoms with Gasteiger partial charge in [-0.3, -0.25) is 4.79 Å². The highest BCUT2D eigenvalue weighted by molar-refractivity contribution is 9.10. The lowest BCUT2D eigenvalue weighted by atomic mass is 9.97. The maximum Gasteiger partial charge on any atom is 0.138 e. The molecule has 1 aromatic rings. The zero-order valence-electron chi connectivity index (χ0n) is 11.1. The minimum absolute atomic E-state index is 0.0563. The molecule has 100 valence electrons. The van der Waals surface area contributed by atoms with Crippen molar-refractivity contribution in [3.63, 3.8) is 0 Å². The maximum absolute atomic E-state index is 11.9. The van der Waals surface area contributed by atoms with Crippen LogP contribution in [0.25, 0.3) is 0 Å². The molecular formula is C14H20BrNO2. The van der Waals surface area contributed by atoms with Crippen LogP contribution in [0.5, 0.6) is 5.75 Å². The average molecular weight is 314 g/mol. The number of methoxy groups -OCH3 is 1. The highest BCUT2D eigenvalue weighted by Crippen LogP contribution is 2.25. The van der Waals surface area contributed by atoms with Gasteiger partial charge in [0.2, 0.25) is 0 Å². The zero-order chi connectivity index (χ0) is 13.7. The number of carbonyl (C=O) groups is 1. The molecule has 18 heavy (non-hydrogen) atoms. The van der Waals surface area contributed by atoms with Crippen LogP contribution in [0.15, 0.2) is 22.7 Å². The Morgan fingerprint density at radius 1 is 1.44 bits per heavy atom. The van der Waals surface area contributed by atoms with Crippen molar-refractivity contribution in [2.24, 2.45) is 11.7 Å². The zero-order valence-corrected chi connectivity index (χ0v) is 12.7. The topological polar surface area (TPSA) is 52.3 Å². The highest BCUT2D eigenvalue weighted by atomic mass is 79.9. The Morgan fingerprint density at radius 3 is 2.61 bits per heavy atom. The minimum Gasteiger partial charge on any atom is -0.496 e. The van der Waals surface area contributed by atoms with Crippen LogP contribution in [-0.2, 0) is 11.2 Å². The van der Waals surface area contributed by atoms with Gasteiger partial charge in [-0.15, -0.1) is 0 Å². The van der Waals surface area contributed by atoms with Gasteiger partial charge in [-0.1, -0.05) is 19.9 Å². The third-order valence-electron chi connectivity index (χ3n) is 2.94. The monoisotopic (exact) mass is 313 g/mol. The molecule has 0 aliphatic carbocycles. The standard InChI is InChI=1S/C14H20BrNO2/c1-9(2)13(16)8-11(17)6-10-4-5-14(18-3)12(15)7-10/h4-5,7,9,13H,6,8,16H2,1-3H3. The number of benzene rings is 1. The average Bonchev–Trinajstić information content (AvgIpc) is 2.28. The van der Waals surface area contributed by atoms with Gasteiger partial charge in [-0.2, -0.15) is 0 Å². The Morgan fingerprint density at radius 2 is 2.11 bits per heavy atom. The molecule has 0 heterocycles. The number of halogens is 1. The van der Waals surface area contributed by atoms with Crippen molar-refractivity contribution in [3.8, 4) is 5.75 Å². The van der Waals surface area contributed by atoms with Gasteiger partial charge in [0, 0.05) is 18.9 Å². The number of rotatable bonds is 6. The lowest BCUT2D eigenvalue weighted by Crippen LogP contribution is -2.29. The summed E-state index contributed by atoms with van der Waals surface area (Å²) < 4.78 is 6.01. The van der Waals surface area contributed by atoms with Crippen LogP contribution < -0.4 is 10.5 Å². The Hall–Kier alpha value is -0.870. The SMILES string of the molecule is COc1ccc(CC(=O)CC(N)C(C)C)cc1Br. The molecule has 0 aromatic heterocycles. The molecule has 0 fully saturated rings. The molecule has 0 spiro atoms. The van der Waals surface area contributed by atoms with Crippen LogP contribution in [0.3, 0.4) is 0 Å². The van der Waals surface area contributed by atoms with Crippen LogP contribution in [0.2, 0.25) is 0 Å². The molecule has 0 amide bonds. The van der Waals surface area contributed by atoms with E-state index < -0.39 is 0 Å². The molecular weight excluding hydrogens is 294 g/mol. The summed E-state index contributed by atoms with van der Waals surface area (Å²) >= 11 is 3.41. The number of ketones is 1. The van der Waals surface area contributed by atoms with Crippen molar-refractivity contribution in [1.29, 1.82) is 0 Å². The van der Waals surface area contributed by atoms with Gasteiger partial charge in [0.1, 0.15) is 11.5 Å². The molecule has 0 aliphatic rings. The van der Waals surface area contributed by atoms with E-state index >= 15 is 0 Å². The fraction of sp³-hybridized carbons (Fsp3) is 0.500. The normalized spacial score (nSPS) is 12.6. The van der Waals surface area contributed by atoms with E-state index in [1.54, 1.807) is 7.11 Å². The van der Waals surface area contributed by atoms with E-state index in [2.05, 4.69) is 15.9 Å². The predicted octanol–water partition coefficient (Wildman–Crippen LogP) is 2.94. The van der Waals surface area contributed by atoms with E-state index in [0.717, 1.165) is 15.8 Å². The third-order valence-corrected chi connectivity index (χ3v) is 3.56. The smallest absolute Gasteiger partial charge is 0.138 e. The Bertz CT molecular complexity index is 418. The van der Waals surface area contributed by atoms with E-state index in [9.17, 15) is 4.79 Å². The highest BCUT2D eigenvalue weighted by Gasteiger charge is 2.13. The fourth-order valence-corrected chi connectivity index (χ4v) is 2.21. The lowest BCUT2D eigenvalue weighted by Gasteiger charge is -2.14. The van der Waals surface area contributed by atoms with Gasteiger partial charge in [-0.25, -0.2) is 0 Å². The molecule has 0 bridgehead atoms. The summed E-state index contributed by atoms with van der Waals surface area (Å²) in [7, 11) is 1.62. The summed E-state index contributed by atoms with van der Waals surface area (Å²) in [6, 6.07) is 5.62. The van der Waals surface area contributed by atoms with Crippen LogP contribution in [0, 0.1) is 5.92 Å². The Kier molecular flexibility index (Phi) is 5.82. The first-order chi connectivity index (χ1) is 8.43. The molecule has 0 saturated heterocycles. The molecule has 1 rings (SSSR count). The van der Waals surface area contributed by atoms with Crippen molar-refractivity contribution < 1.29 is 9.53 Å². The van der Waals surface area contributed by atoms with Gasteiger partial charge >= 0.3 is 0 Å². The van der Waals surface area contributed by atoms with Crippen molar-refractivity contribution in [2.75, 3.05) is 7.11 Å². The number of hydrogen-bond donors (Lipinski definition) is 1. The Labute approximate surface area is 117 Å². The van der Waals surface area contributed by atoms with Gasteiger partial charge in [0.25, 0.3) is 0 Å². The molecule has 1 unspecified atom stereocenters. The molecule has 1 aromatic carbocycles.